The number of aliphatic hydroxyl groups is 23. The number of hydrogen-bond donors (Lipinski definition) is 23. The van der Waals surface area contributed by atoms with Crippen LogP contribution in [0, 0.1) is 0 Å². The van der Waals surface area contributed by atoms with Crippen molar-refractivity contribution in [3.05, 3.63) is 0 Å². The van der Waals surface area contributed by atoms with E-state index < -0.39 is 261 Å². The molecule has 456 valence electrons. The molecule has 0 aliphatic carbocycles. The molecule has 0 amide bonds. The Kier molecular flexibility index (Phi) is 22.6. The van der Waals surface area contributed by atoms with Crippen molar-refractivity contribution >= 4 is 0 Å². The molecule has 0 saturated carbocycles. The monoisotopic (exact) mass is 1150 g/mol. The van der Waals surface area contributed by atoms with Gasteiger partial charge in [0.2, 0.25) is 0 Å². The molecule has 7 fully saturated rings. The second-order valence-electron chi connectivity index (χ2n) is 19.6. The Morgan fingerprint density at radius 2 is 0.449 bits per heavy atom. The van der Waals surface area contributed by atoms with Crippen LogP contribution in [-0.2, 0) is 61.6 Å². The molecule has 7 heterocycles. The van der Waals surface area contributed by atoms with Crippen molar-refractivity contribution in [1.29, 1.82) is 0 Å². The molecule has 0 bridgehead atoms. The van der Waals surface area contributed by atoms with Crippen LogP contribution < -0.4 is 0 Å². The van der Waals surface area contributed by atoms with Crippen molar-refractivity contribution in [2.75, 3.05) is 46.2 Å². The number of rotatable bonds is 19. The van der Waals surface area contributed by atoms with Gasteiger partial charge in [0.25, 0.3) is 0 Å². The Bertz CT molecular complexity index is 1810. The number of hydrogen-bond acceptors (Lipinski definition) is 36. The van der Waals surface area contributed by atoms with Gasteiger partial charge >= 0.3 is 0 Å². The van der Waals surface area contributed by atoms with E-state index in [4.69, 9.17) is 61.6 Å². The van der Waals surface area contributed by atoms with Gasteiger partial charge in [0.05, 0.1) is 46.2 Å². The maximum atomic E-state index is 11.3. The summed E-state index contributed by atoms with van der Waals surface area (Å²) >= 11 is 0. The van der Waals surface area contributed by atoms with Crippen LogP contribution in [0.2, 0.25) is 0 Å². The largest absolute Gasteiger partial charge is 0.394 e. The Morgan fingerprint density at radius 3 is 0.744 bits per heavy atom. The predicted molar refractivity (Wildman–Crippen MR) is 232 cm³/mol. The van der Waals surface area contributed by atoms with E-state index in [1.165, 1.54) is 0 Å². The third-order valence-corrected chi connectivity index (χ3v) is 14.5. The first kappa shape index (κ1) is 64.1. The maximum Gasteiger partial charge on any atom is 0.187 e. The van der Waals surface area contributed by atoms with Crippen LogP contribution >= 0.6 is 0 Å². The lowest BCUT2D eigenvalue weighted by molar-refractivity contribution is -0.396. The van der Waals surface area contributed by atoms with Crippen molar-refractivity contribution in [2.24, 2.45) is 0 Å². The first-order chi connectivity index (χ1) is 37.0. The lowest BCUT2D eigenvalue weighted by Gasteiger charge is -2.50. The summed E-state index contributed by atoms with van der Waals surface area (Å²) in [5.74, 6) is 0. The van der Waals surface area contributed by atoms with E-state index in [9.17, 15) is 117 Å². The lowest BCUT2D eigenvalue weighted by Crippen LogP contribution is -2.68. The van der Waals surface area contributed by atoms with Crippen LogP contribution in [0.25, 0.3) is 0 Å². The molecule has 78 heavy (non-hydrogen) atoms. The van der Waals surface area contributed by atoms with E-state index in [0.717, 1.165) is 0 Å². The molecule has 0 aromatic heterocycles. The highest BCUT2D eigenvalue weighted by Gasteiger charge is 2.58. The van der Waals surface area contributed by atoms with Crippen molar-refractivity contribution < 1.29 is 179 Å². The van der Waals surface area contributed by atoms with Crippen LogP contribution in [0.1, 0.15) is 0 Å². The molecule has 23 N–H and O–H groups in total. The van der Waals surface area contributed by atoms with E-state index in [-0.39, 0.29) is 0 Å². The smallest absolute Gasteiger partial charge is 0.187 e. The second kappa shape index (κ2) is 27.5. The molecule has 7 saturated heterocycles. The van der Waals surface area contributed by atoms with Gasteiger partial charge in [-0.1, -0.05) is 0 Å². The highest BCUT2D eigenvalue weighted by molar-refractivity contribution is 5.00. The van der Waals surface area contributed by atoms with Crippen LogP contribution in [0.3, 0.4) is 0 Å². The molecule has 36 heteroatoms. The first-order valence-corrected chi connectivity index (χ1v) is 24.7. The van der Waals surface area contributed by atoms with Crippen molar-refractivity contribution in [3.63, 3.8) is 0 Å². The fourth-order valence-electron chi connectivity index (χ4n) is 9.90. The van der Waals surface area contributed by atoms with Crippen molar-refractivity contribution in [3.8, 4) is 0 Å². The number of aliphatic hydroxyl groups excluding tert-OH is 23. The Balaban J connectivity index is 0.957. The summed E-state index contributed by atoms with van der Waals surface area (Å²) in [7, 11) is 0. The Hall–Kier alpha value is -1.44. The standard InChI is InChI=1S/C42H72O36/c43-1-8-15(49)17(51)25(59)37(68-8)66-7-14-35(19(53)24(58)36(65)67-14)78-42-30(64)23(57)34(13(6-48)73-42)77-41-29(63)22(56)33(12(5-47)72-41)76-40-28(62)21(55)32(11(4-46)71-40)75-39-27(61)20(54)31(10(3-45)70-39)74-38-26(60)18(52)16(50)9(2-44)69-38/h8-65H,1-7H2/t8-,9-,10-,11-,12-,13-,14-,15-,16-,17+,18+,19-,20-,21-,22-,23-,24-,25-,26-,27-,28-,29-,30-,31-,32-,33-,34-,35-,36?,37+,38-,39-,40-,41-,42-/m1/s1. The summed E-state index contributed by atoms with van der Waals surface area (Å²) in [5.41, 5.74) is 0. The molecular formula is C42H72O36. The van der Waals surface area contributed by atoms with Crippen LogP contribution in [-0.4, -0.2) is 379 Å². The highest BCUT2D eigenvalue weighted by atomic mass is 16.8. The zero-order chi connectivity index (χ0) is 57.3. The molecule has 0 radical (unpaired) electrons. The van der Waals surface area contributed by atoms with Crippen LogP contribution in [0.5, 0.6) is 0 Å². The van der Waals surface area contributed by atoms with Gasteiger partial charge in [-0.2, -0.15) is 0 Å². The van der Waals surface area contributed by atoms with Gasteiger partial charge in [0.1, 0.15) is 171 Å². The fraction of sp³-hybridized carbons (Fsp3) is 1.00. The van der Waals surface area contributed by atoms with Gasteiger partial charge in [0.15, 0.2) is 44.0 Å². The molecule has 0 aromatic carbocycles. The summed E-state index contributed by atoms with van der Waals surface area (Å²) in [5, 5.41) is 243. The zero-order valence-corrected chi connectivity index (χ0v) is 40.8. The van der Waals surface area contributed by atoms with Gasteiger partial charge in [-0.15, -0.1) is 0 Å². The van der Waals surface area contributed by atoms with Crippen molar-refractivity contribution in [1.82, 2.24) is 0 Å². The average Bonchev–Trinajstić information content (AvgIpc) is 3.48. The van der Waals surface area contributed by atoms with E-state index in [1.807, 2.05) is 0 Å². The summed E-state index contributed by atoms with van der Waals surface area (Å²) in [4.78, 5) is 0. The SMILES string of the molecule is OC[C@H]1O[C@H](OC[C@H]2OC(O)[C@H](O)[C@@H](O)[C@@H]2O[C@H]2O[C@H](CO)[C@@H](O[C@H]3O[C@H](CO)[C@@H](O[C@H]4O[C@H](CO)[C@@H](O[C@H]5O[C@H](CO)[C@@H](O[C@H]6O[C@H](CO)[C@@H](O)[C@H](O)[C@H]6O)[C@H](O)[C@H]5O)[C@H](O)[C@H]4O)[C@H](O)[C@H]3O)[C@H](O)[C@H]2O)[C@H](O)[C@@H](O)[C@@H]1O. The van der Waals surface area contributed by atoms with Crippen LogP contribution in [0.4, 0.5) is 0 Å². The summed E-state index contributed by atoms with van der Waals surface area (Å²) in [6.45, 7) is -6.62. The number of ether oxygens (including phenoxy) is 13. The highest BCUT2D eigenvalue weighted by Crippen LogP contribution is 2.37. The van der Waals surface area contributed by atoms with E-state index >= 15 is 0 Å². The van der Waals surface area contributed by atoms with Crippen molar-refractivity contribution in [2.45, 2.75) is 215 Å². The lowest BCUT2D eigenvalue weighted by atomic mass is 9.95. The Labute approximate surface area is 439 Å². The predicted octanol–water partition coefficient (Wildman–Crippen LogP) is -16.3. The minimum atomic E-state index is -2.23. The zero-order valence-electron chi connectivity index (χ0n) is 40.8. The minimum absolute atomic E-state index is 0.798. The Morgan fingerprint density at radius 1 is 0.218 bits per heavy atom. The minimum Gasteiger partial charge on any atom is -0.394 e. The molecule has 7 aliphatic heterocycles. The van der Waals surface area contributed by atoms with Gasteiger partial charge in [-0.25, -0.2) is 0 Å². The molecule has 36 nitrogen and oxygen atoms in total. The molecular weight excluding hydrogens is 1080 g/mol. The third-order valence-electron chi connectivity index (χ3n) is 14.5. The summed E-state index contributed by atoms with van der Waals surface area (Å²) in [6.07, 6.45) is -67.3. The first-order valence-electron chi connectivity index (χ1n) is 24.7. The maximum absolute atomic E-state index is 11.3. The average molecular weight is 1150 g/mol. The molecule has 7 rings (SSSR count). The third kappa shape index (κ3) is 13.1. The second-order valence-corrected chi connectivity index (χ2v) is 19.6. The van der Waals surface area contributed by atoms with Crippen LogP contribution in [0.15, 0.2) is 0 Å². The summed E-state index contributed by atoms with van der Waals surface area (Å²) in [6, 6.07) is 0. The molecule has 0 aromatic rings. The van der Waals surface area contributed by atoms with Gasteiger partial charge in [0, 0.05) is 0 Å². The summed E-state index contributed by atoms with van der Waals surface area (Å²) < 4.78 is 72.0. The van der Waals surface area contributed by atoms with Gasteiger partial charge in [-0.05, 0) is 0 Å². The topological polar surface area (TPSA) is 585 Å². The van der Waals surface area contributed by atoms with Gasteiger partial charge in [-0.3, -0.25) is 0 Å². The normalized spacial score (nSPS) is 53.5. The van der Waals surface area contributed by atoms with E-state index in [2.05, 4.69) is 0 Å². The fourth-order valence-corrected chi connectivity index (χ4v) is 9.90. The van der Waals surface area contributed by atoms with E-state index in [0.29, 0.717) is 0 Å². The molecule has 35 atom stereocenters. The molecule has 7 aliphatic rings. The van der Waals surface area contributed by atoms with E-state index in [1.54, 1.807) is 0 Å². The van der Waals surface area contributed by atoms with Gasteiger partial charge < -0.3 is 179 Å². The molecule has 0 spiro atoms. The quantitative estimate of drug-likeness (QED) is 0.0571. The molecule has 1 unspecified atom stereocenters.